The number of nitrogens with zero attached hydrogens (tertiary/aromatic N) is 2. The van der Waals surface area contributed by atoms with Gasteiger partial charge >= 0.3 is 0 Å². The fourth-order valence-corrected chi connectivity index (χ4v) is 4.76. The largest absolute Gasteiger partial charge is 0.493 e. The number of hydrogen-bond donors (Lipinski definition) is 2. The summed E-state index contributed by atoms with van der Waals surface area (Å²) >= 11 is 0. The smallest absolute Gasteiger partial charge is 0.191 e. The van der Waals surface area contributed by atoms with E-state index >= 15 is 0 Å². The quantitative estimate of drug-likeness (QED) is 0.492. The molecule has 0 amide bonds. The predicted molar refractivity (Wildman–Crippen MR) is 130 cm³/mol. The summed E-state index contributed by atoms with van der Waals surface area (Å²) in [6, 6.07) is 17.1. The minimum absolute atomic E-state index is 0.496. The summed E-state index contributed by atoms with van der Waals surface area (Å²) < 4.78 is 11.3. The van der Waals surface area contributed by atoms with Crippen LogP contribution in [-0.2, 0) is 6.54 Å². The van der Waals surface area contributed by atoms with E-state index in [9.17, 15) is 0 Å². The van der Waals surface area contributed by atoms with Gasteiger partial charge in [-0.1, -0.05) is 37.1 Å². The highest BCUT2D eigenvalue weighted by atomic mass is 16.5. The molecule has 1 aliphatic heterocycles. The average molecular weight is 437 g/mol. The summed E-state index contributed by atoms with van der Waals surface area (Å²) in [5.74, 6) is 3.10. The number of benzene rings is 2. The fraction of sp³-hybridized carbons (Fsp3) is 0.500. The van der Waals surface area contributed by atoms with Crippen molar-refractivity contribution in [1.82, 2.24) is 15.5 Å². The van der Waals surface area contributed by atoms with Crippen molar-refractivity contribution in [1.29, 1.82) is 0 Å². The van der Waals surface area contributed by atoms with Crippen molar-refractivity contribution in [2.24, 2.45) is 4.99 Å². The highest BCUT2D eigenvalue weighted by Gasteiger charge is 2.27. The van der Waals surface area contributed by atoms with Crippen LogP contribution in [0, 0.1) is 0 Å². The van der Waals surface area contributed by atoms with Gasteiger partial charge in [0.25, 0.3) is 0 Å². The Morgan fingerprint density at radius 1 is 0.969 bits per heavy atom. The first kappa shape index (κ1) is 22.5. The number of methoxy groups -OCH3 is 1. The molecular weight excluding hydrogens is 400 g/mol. The lowest BCUT2D eigenvalue weighted by atomic mass is 10.0. The highest BCUT2D eigenvalue weighted by molar-refractivity contribution is 5.79. The number of rotatable bonds is 7. The first-order valence-electron chi connectivity index (χ1n) is 11.9. The Hall–Kier alpha value is -2.73. The third-order valence-corrected chi connectivity index (χ3v) is 6.62. The van der Waals surface area contributed by atoms with Crippen LogP contribution in [0.15, 0.2) is 53.5 Å². The van der Waals surface area contributed by atoms with Crippen LogP contribution in [0.3, 0.4) is 0 Å². The zero-order valence-electron chi connectivity index (χ0n) is 19.3. The van der Waals surface area contributed by atoms with Gasteiger partial charge in [-0.25, -0.2) is 0 Å². The van der Waals surface area contributed by atoms with Crippen LogP contribution >= 0.6 is 0 Å². The molecule has 0 unspecified atom stereocenters. The second-order valence-electron chi connectivity index (χ2n) is 8.72. The molecular formula is C26H36N4O2. The molecule has 6 heteroatoms. The first-order valence-corrected chi connectivity index (χ1v) is 11.9. The van der Waals surface area contributed by atoms with Crippen molar-refractivity contribution in [2.75, 3.05) is 27.2 Å². The molecule has 4 rings (SSSR count). The maximum Gasteiger partial charge on any atom is 0.191 e. The molecule has 1 aliphatic carbocycles. The zero-order chi connectivity index (χ0) is 22.2. The van der Waals surface area contributed by atoms with Crippen molar-refractivity contribution in [2.45, 2.75) is 57.2 Å². The van der Waals surface area contributed by atoms with Crippen LogP contribution in [0.4, 0.5) is 0 Å². The second-order valence-corrected chi connectivity index (χ2v) is 8.72. The molecule has 1 heterocycles. The molecule has 0 spiro atoms. The van der Waals surface area contributed by atoms with E-state index in [1.54, 1.807) is 7.11 Å². The minimum Gasteiger partial charge on any atom is -0.493 e. The molecule has 2 fully saturated rings. The van der Waals surface area contributed by atoms with Gasteiger partial charge in [0.05, 0.1) is 7.11 Å². The molecule has 32 heavy (non-hydrogen) atoms. The zero-order valence-corrected chi connectivity index (χ0v) is 19.3. The van der Waals surface area contributed by atoms with Crippen molar-refractivity contribution >= 4 is 5.96 Å². The predicted octanol–water partition coefficient (Wildman–Crippen LogP) is 4.56. The molecule has 172 valence electrons. The molecule has 1 saturated carbocycles. The SMILES string of the molecule is CN=C(NCc1ccc(Oc2ccccc2OC)cc1)NC1CCN(C2CCCC2)CC1. The van der Waals surface area contributed by atoms with Crippen LogP contribution in [0.5, 0.6) is 17.2 Å². The Kier molecular flexibility index (Phi) is 7.88. The molecule has 0 atom stereocenters. The number of piperidine rings is 1. The fourth-order valence-electron chi connectivity index (χ4n) is 4.76. The molecule has 2 aliphatic rings. The van der Waals surface area contributed by atoms with Gasteiger partial charge in [0.15, 0.2) is 17.5 Å². The van der Waals surface area contributed by atoms with Crippen LogP contribution in [0.1, 0.15) is 44.1 Å². The van der Waals surface area contributed by atoms with Gasteiger partial charge in [0.2, 0.25) is 0 Å². The van der Waals surface area contributed by atoms with Crippen LogP contribution < -0.4 is 20.1 Å². The summed E-state index contributed by atoms with van der Waals surface area (Å²) in [6.07, 6.45) is 7.98. The molecule has 0 aromatic heterocycles. The topological polar surface area (TPSA) is 58.1 Å². The Morgan fingerprint density at radius 3 is 2.31 bits per heavy atom. The number of guanidine groups is 1. The normalized spacial score (nSPS) is 18.5. The highest BCUT2D eigenvalue weighted by Crippen LogP contribution is 2.31. The minimum atomic E-state index is 0.496. The average Bonchev–Trinajstić information content (AvgIpc) is 3.38. The van der Waals surface area contributed by atoms with E-state index in [0.717, 1.165) is 30.0 Å². The number of likely N-dealkylation sites (tertiary alicyclic amines) is 1. The summed E-state index contributed by atoms with van der Waals surface area (Å²) in [6.45, 7) is 3.12. The van der Waals surface area contributed by atoms with Gasteiger partial charge in [-0.05, 0) is 55.5 Å². The van der Waals surface area contributed by atoms with Crippen molar-refractivity contribution in [3.05, 3.63) is 54.1 Å². The molecule has 0 radical (unpaired) electrons. The van der Waals surface area contributed by atoms with Crippen LogP contribution in [0.25, 0.3) is 0 Å². The van der Waals surface area contributed by atoms with E-state index in [4.69, 9.17) is 9.47 Å². The first-order chi connectivity index (χ1) is 15.7. The third kappa shape index (κ3) is 5.94. The Balaban J connectivity index is 1.23. The van der Waals surface area contributed by atoms with E-state index < -0.39 is 0 Å². The molecule has 0 bridgehead atoms. The van der Waals surface area contributed by atoms with Gasteiger partial charge in [-0.2, -0.15) is 0 Å². The van der Waals surface area contributed by atoms with E-state index in [-0.39, 0.29) is 0 Å². The van der Waals surface area contributed by atoms with Gasteiger partial charge in [-0.15, -0.1) is 0 Å². The lowest BCUT2D eigenvalue weighted by Crippen LogP contribution is -2.50. The number of nitrogens with one attached hydrogen (secondary N) is 2. The molecule has 2 N–H and O–H groups in total. The van der Waals surface area contributed by atoms with Gasteiger partial charge in [0.1, 0.15) is 5.75 Å². The van der Waals surface area contributed by atoms with Crippen molar-refractivity contribution in [3.8, 4) is 17.2 Å². The lowest BCUT2D eigenvalue weighted by Gasteiger charge is -2.36. The maximum absolute atomic E-state index is 5.96. The molecule has 2 aromatic carbocycles. The Bertz CT molecular complexity index is 870. The second kappa shape index (κ2) is 11.2. The molecule has 2 aromatic rings. The van der Waals surface area contributed by atoms with Gasteiger partial charge in [-0.3, -0.25) is 4.99 Å². The summed E-state index contributed by atoms with van der Waals surface area (Å²) in [4.78, 5) is 7.13. The van der Waals surface area contributed by atoms with E-state index in [1.165, 1.54) is 57.2 Å². The number of hydrogen-bond acceptors (Lipinski definition) is 4. The Labute approximate surface area is 192 Å². The van der Waals surface area contributed by atoms with E-state index in [1.807, 2.05) is 43.4 Å². The number of ether oxygens (including phenoxy) is 2. The third-order valence-electron chi connectivity index (χ3n) is 6.62. The molecule has 6 nitrogen and oxygen atoms in total. The van der Waals surface area contributed by atoms with E-state index in [0.29, 0.717) is 11.8 Å². The van der Waals surface area contributed by atoms with Crippen LogP contribution in [-0.4, -0.2) is 50.2 Å². The lowest BCUT2D eigenvalue weighted by molar-refractivity contribution is 0.150. The maximum atomic E-state index is 5.96. The summed E-state index contributed by atoms with van der Waals surface area (Å²) in [5.41, 5.74) is 1.18. The monoisotopic (exact) mass is 436 g/mol. The number of para-hydroxylation sites is 2. The summed E-state index contributed by atoms with van der Waals surface area (Å²) in [7, 11) is 3.49. The number of aliphatic imine (C=N–C) groups is 1. The Morgan fingerprint density at radius 2 is 1.66 bits per heavy atom. The summed E-state index contributed by atoms with van der Waals surface area (Å²) in [5, 5.41) is 7.07. The van der Waals surface area contributed by atoms with Crippen molar-refractivity contribution in [3.63, 3.8) is 0 Å². The molecule has 1 saturated heterocycles. The van der Waals surface area contributed by atoms with Gasteiger partial charge in [0, 0.05) is 38.8 Å². The van der Waals surface area contributed by atoms with Crippen molar-refractivity contribution < 1.29 is 9.47 Å². The standard InChI is InChI=1S/C26H36N4O2/c1-27-26(29-21-15-17-30(18-16-21)22-7-3-4-8-22)28-19-20-11-13-23(14-12-20)32-25-10-6-5-9-24(25)31-2/h5-6,9-14,21-22H,3-4,7-8,15-19H2,1-2H3,(H2,27,28,29). The van der Waals surface area contributed by atoms with Crippen LogP contribution in [0.2, 0.25) is 0 Å². The van der Waals surface area contributed by atoms with E-state index in [2.05, 4.69) is 32.7 Å². The van der Waals surface area contributed by atoms with Gasteiger partial charge < -0.3 is 25.0 Å².